The summed E-state index contributed by atoms with van der Waals surface area (Å²) in [6.07, 6.45) is 0.183. The highest BCUT2D eigenvalue weighted by molar-refractivity contribution is 5.94. The molecule has 0 radical (unpaired) electrons. The Labute approximate surface area is 163 Å². The zero-order valence-corrected chi connectivity index (χ0v) is 16.3. The second-order valence-electron chi connectivity index (χ2n) is 7.19. The Hall–Kier alpha value is -2.24. The highest BCUT2D eigenvalue weighted by Crippen LogP contribution is 2.08. The van der Waals surface area contributed by atoms with Crippen LogP contribution in [0.3, 0.4) is 0 Å². The zero-order valence-electron chi connectivity index (χ0n) is 16.3. The molecule has 160 valence electrons. The van der Waals surface area contributed by atoms with Crippen LogP contribution in [0.5, 0.6) is 0 Å². The molecule has 1 rings (SSSR count). The van der Waals surface area contributed by atoms with Gasteiger partial charge in [0.1, 0.15) is 18.1 Å². The number of carboxylic acids is 1. The molecule has 3 amide bonds. The molecule has 5 unspecified atom stereocenters. The molecule has 1 aliphatic heterocycles. The van der Waals surface area contributed by atoms with E-state index in [4.69, 9.17) is 10.2 Å². The molecule has 0 aromatic heterocycles. The largest absolute Gasteiger partial charge is 0.480 e. The number of hydrogen-bond acceptors (Lipinski definition) is 7. The summed E-state index contributed by atoms with van der Waals surface area (Å²) in [5.41, 5.74) is 0. The molecule has 7 N–H and O–H groups in total. The molecule has 1 aliphatic rings. The van der Waals surface area contributed by atoms with E-state index in [1.165, 1.54) is 6.92 Å². The molecule has 0 spiro atoms. The Balaban J connectivity index is 2.81. The van der Waals surface area contributed by atoms with Gasteiger partial charge in [0.25, 0.3) is 0 Å². The normalized spacial score (nSPS) is 20.7. The van der Waals surface area contributed by atoms with Crippen molar-refractivity contribution < 1.29 is 34.5 Å². The van der Waals surface area contributed by atoms with E-state index in [1.807, 2.05) is 5.32 Å². The molecule has 5 atom stereocenters. The summed E-state index contributed by atoms with van der Waals surface area (Å²) in [5, 5.41) is 37.8. The zero-order chi connectivity index (χ0) is 21.4. The van der Waals surface area contributed by atoms with Crippen molar-refractivity contribution in [3.05, 3.63) is 0 Å². The van der Waals surface area contributed by atoms with E-state index in [0.717, 1.165) is 13.0 Å². The average Bonchev–Trinajstić information content (AvgIpc) is 3.15. The fourth-order valence-electron chi connectivity index (χ4n) is 2.79. The summed E-state index contributed by atoms with van der Waals surface area (Å²) in [6, 6.07) is -4.36. The number of hydrogen-bond donors (Lipinski definition) is 7. The third kappa shape index (κ3) is 6.73. The van der Waals surface area contributed by atoms with Crippen molar-refractivity contribution in [1.29, 1.82) is 0 Å². The highest BCUT2D eigenvalue weighted by atomic mass is 16.4. The minimum atomic E-state index is -1.57. The lowest BCUT2D eigenvalue weighted by Gasteiger charge is -2.27. The second kappa shape index (κ2) is 10.9. The molecule has 11 nitrogen and oxygen atoms in total. The van der Waals surface area contributed by atoms with Crippen molar-refractivity contribution in [2.75, 3.05) is 13.2 Å². The van der Waals surface area contributed by atoms with Crippen LogP contribution in [0.4, 0.5) is 0 Å². The number of carboxylic acid groups (broad SMARTS) is 1. The molecular formula is C17H30N4O7. The number of aliphatic hydroxyl groups is 2. The standard InChI is InChI=1S/C17H30N4O7/c1-8(2)12(20-14(24)10-5-4-6-18-10)15(25)21-13(9(3)23)16(26)19-11(7-22)17(27)28/h8-13,18,22-23H,4-7H2,1-3H3,(H,19,26)(H,20,24)(H,21,25)(H,27,28). The monoisotopic (exact) mass is 402 g/mol. The van der Waals surface area contributed by atoms with Gasteiger partial charge in [-0.15, -0.1) is 0 Å². The van der Waals surface area contributed by atoms with Gasteiger partial charge in [-0.3, -0.25) is 14.4 Å². The third-order valence-corrected chi connectivity index (χ3v) is 4.48. The van der Waals surface area contributed by atoms with E-state index in [1.54, 1.807) is 13.8 Å². The molecule has 1 saturated heterocycles. The van der Waals surface area contributed by atoms with E-state index >= 15 is 0 Å². The first-order valence-corrected chi connectivity index (χ1v) is 9.24. The lowest BCUT2D eigenvalue weighted by Crippen LogP contribution is -2.61. The SMILES string of the molecule is CC(C)C(NC(=O)C1CCCN1)C(=O)NC(C(=O)NC(CO)C(=O)O)C(C)O. The van der Waals surface area contributed by atoms with Crippen LogP contribution in [0.1, 0.15) is 33.6 Å². The molecule has 1 heterocycles. The molecular weight excluding hydrogens is 372 g/mol. The summed E-state index contributed by atoms with van der Waals surface area (Å²) in [4.78, 5) is 48.2. The van der Waals surface area contributed by atoms with Crippen LogP contribution in [0.25, 0.3) is 0 Å². The van der Waals surface area contributed by atoms with Gasteiger partial charge in [-0.05, 0) is 32.2 Å². The Morgan fingerprint density at radius 2 is 1.64 bits per heavy atom. The molecule has 0 aliphatic carbocycles. The van der Waals surface area contributed by atoms with E-state index in [9.17, 15) is 24.3 Å². The Kier molecular flexibility index (Phi) is 9.29. The quantitative estimate of drug-likeness (QED) is 0.206. The van der Waals surface area contributed by atoms with Crippen LogP contribution in [-0.2, 0) is 19.2 Å². The number of aliphatic hydroxyl groups excluding tert-OH is 2. The van der Waals surface area contributed by atoms with Gasteiger partial charge in [-0.2, -0.15) is 0 Å². The average molecular weight is 402 g/mol. The number of amides is 3. The van der Waals surface area contributed by atoms with Crippen molar-refractivity contribution in [2.45, 2.75) is 63.9 Å². The Bertz CT molecular complexity index is 576. The van der Waals surface area contributed by atoms with Crippen molar-refractivity contribution >= 4 is 23.7 Å². The van der Waals surface area contributed by atoms with Gasteiger partial charge in [0.15, 0.2) is 0 Å². The molecule has 28 heavy (non-hydrogen) atoms. The summed E-state index contributed by atoms with van der Waals surface area (Å²) < 4.78 is 0. The maximum Gasteiger partial charge on any atom is 0.328 e. The van der Waals surface area contributed by atoms with E-state index in [2.05, 4.69) is 16.0 Å². The predicted molar refractivity (Wildman–Crippen MR) is 98.1 cm³/mol. The minimum Gasteiger partial charge on any atom is -0.480 e. The first-order valence-electron chi connectivity index (χ1n) is 9.24. The van der Waals surface area contributed by atoms with Crippen LogP contribution < -0.4 is 21.3 Å². The topological polar surface area (TPSA) is 177 Å². The van der Waals surface area contributed by atoms with E-state index in [-0.39, 0.29) is 17.9 Å². The fourth-order valence-corrected chi connectivity index (χ4v) is 2.79. The summed E-state index contributed by atoms with van der Waals surface area (Å²) >= 11 is 0. The summed E-state index contributed by atoms with van der Waals surface area (Å²) in [7, 11) is 0. The Morgan fingerprint density at radius 3 is 2.07 bits per heavy atom. The van der Waals surface area contributed by atoms with Gasteiger partial charge in [0.2, 0.25) is 17.7 Å². The van der Waals surface area contributed by atoms with Gasteiger partial charge in [-0.25, -0.2) is 4.79 Å². The molecule has 1 fully saturated rings. The first kappa shape index (κ1) is 23.8. The molecule has 0 bridgehead atoms. The second-order valence-corrected chi connectivity index (χ2v) is 7.19. The molecule has 0 aromatic carbocycles. The lowest BCUT2D eigenvalue weighted by atomic mass is 10.0. The Morgan fingerprint density at radius 1 is 1.04 bits per heavy atom. The summed E-state index contributed by atoms with van der Waals surface area (Å²) in [6.45, 7) is 4.56. The van der Waals surface area contributed by atoms with Crippen molar-refractivity contribution in [1.82, 2.24) is 21.3 Å². The fraction of sp³-hybridized carbons (Fsp3) is 0.765. The number of nitrogens with one attached hydrogen (secondary N) is 4. The van der Waals surface area contributed by atoms with Crippen molar-refractivity contribution in [3.8, 4) is 0 Å². The molecule has 11 heteroatoms. The van der Waals surface area contributed by atoms with Crippen LogP contribution in [0.15, 0.2) is 0 Å². The predicted octanol–water partition coefficient (Wildman–Crippen LogP) is -2.69. The lowest BCUT2D eigenvalue weighted by molar-refractivity contribution is -0.144. The number of rotatable bonds is 10. The van der Waals surface area contributed by atoms with Gasteiger partial charge in [0.05, 0.1) is 18.8 Å². The third-order valence-electron chi connectivity index (χ3n) is 4.48. The first-order chi connectivity index (χ1) is 13.1. The molecule has 0 aromatic rings. The van der Waals surface area contributed by atoms with Gasteiger partial charge in [0, 0.05) is 0 Å². The van der Waals surface area contributed by atoms with Crippen LogP contribution in [0, 0.1) is 5.92 Å². The van der Waals surface area contributed by atoms with E-state index < -0.39 is 48.6 Å². The van der Waals surface area contributed by atoms with Gasteiger partial charge < -0.3 is 36.6 Å². The number of carbonyl (C=O) groups is 4. The van der Waals surface area contributed by atoms with Gasteiger partial charge in [-0.1, -0.05) is 13.8 Å². The van der Waals surface area contributed by atoms with Crippen molar-refractivity contribution in [3.63, 3.8) is 0 Å². The smallest absolute Gasteiger partial charge is 0.328 e. The van der Waals surface area contributed by atoms with Crippen LogP contribution in [-0.4, -0.2) is 82.4 Å². The molecule has 0 saturated carbocycles. The number of carbonyl (C=O) groups excluding carboxylic acids is 3. The summed E-state index contributed by atoms with van der Waals surface area (Å²) in [5.74, 6) is -3.72. The van der Waals surface area contributed by atoms with Crippen LogP contribution in [0.2, 0.25) is 0 Å². The minimum absolute atomic E-state index is 0.299. The van der Waals surface area contributed by atoms with Gasteiger partial charge >= 0.3 is 5.97 Å². The van der Waals surface area contributed by atoms with Crippen molar-refractivity contribution in [2.24, 2.45) is 5.92 Å². The number of aliphatic carboxylic acids is 1. The highest BCUT2D eigenvalue weighted by Gasteiger charge is 2.34. The maximum atomic E-state index is 12.6. The van der Waals surface area contributed by atoms with E-state index in [0.29, 0.717) is 6.42 Å². The maximum absolute atomic E-state index is 12.6. The van der Waals surface area contributed by atoms with Crippen LogP contribution >= 0.6 is 0 Å².